The minimum Gasteiger partial charge on any atom is -0.452 e. The lowest BCUT2D eigenvalue weighted by Crippen LogP contribution is -2.59. The van der Waals surface area contributed by atoms with Crippen LogP contribution in [0.4, 0.5) is 0 Å². The number of carbonyl (C=O) groups is 2. The molecule has 2 amide bonds. The Morgan fingerprint density at radius 1 is 1.35 bits per heavy atom. The third-order valence-electron chi connectivity index (χ3n) is 6.27. The second-order valence-electron chi connectivity index (χ2n) is 8.52. The van der Waals surface area contributed by atoms with Gasteiger partial charge in [0.25, 0.3) is 11.8 Å². The number of aryl methyl sites for hydroxylation is 1. The molecule has 2 atom stereocenters. The van der Waals surface area contributed by atoms with Gasteiger partial charge in [0.2, 0.25) is 0 Å². The average molecular weight is 556 g/mol. The summed E-state index contributed by atoms with van der Waals surface area (Å²) in [6.07, 6.45) is -0.640. The van der Waals surface area contributed by atoms with E-state index in [0.717, 1.165) is 0 Å². The summed E-state index contributed by atoms with van der Waals surface area (Å²) in [5.74, 6) is 16.1. The maximum atomic E-state index is 13.0. The first kappa shape index (κ1) is 26.8. The third-order valence-corrected chi connectivity index (χ3v) is 6.91. The molecule has 0 aliphatic carbocycles. The van der Waals surface area contributed by atoms with E-state index in [-0.39, 0.29) is 27.7 Å². The maximum absolute atomic E-state index is 13.0. The van der Waals surface area contributed by atoms with E-state index in [1.807, 2.05) is 0 Å². The quantitative estimate of drug-likeness (QED) is 0.0787. The van der Waals surface area contributed by atoms with Crippen molar-refractivity contribution in [1.29, 1.82) is 0 Å². The predicted molar refractivity (Wildman–Crippen MR) is 131 cm³/mol. The van der Waals surface area contributed by atoms with Gasteiger partial charge in [-0.2, -0.15) is 0 Å². The SMILES string of the molecule is Cc1oc(SO)cc1C(=O)N1CCC2(CC1)CN(N)C(NC(=O)C1=NC(Cl)=C(N=NN)NC1N=NN)N2. The fraction of sp³-hybridized carbons (Fsp3) is 0.500. The Bertz CT molecular complexity index is 1180. The topological polar surface area (TPSA) is 250 Å². The van der Waals surface area contributed by atoms with E-state index in [0.29, 0.717) is 55.8 Å². The Kier molecular flexibility index (Phi) is 7.95. The molecule has 3 aliphatic rings. The summed E-state index contributed by atoms with van der Waals surface area (Å²) in [5, 5.41) is 24.1. The van der Waals surface area contributed by atoms with E-state index >= 15 is 0 Å². The minimum absolute atomic E-state index is 0.00484. The first-order valence-corrected chi connectivity index (χ1v) is 12.1. The Balaban J connectivity index is 1.40. The molecule has 3 aliphatic heterocycles. The zero-order chi connectivity index (χ0) is 26.7. The monoisotopic (exact) mass is 555 g/mol. The molecule has 1 aromatic rings. The Hall–Kier alpha value is -3.29. The van der Waals surface area contributed by atoms with Crippen molar-refractivity contribution in [2.45, 2.75) is 42.9 Å². The van der Waals surface area contributed by atoms with Gasteiger partial charge in [0, 0.05) is 31.2 Å². The molecule has 2 saturated heterocycles. The largest absolute Gasteiger partial charge is 0.452 e. The van der Waals surface area contributed by atoms with Crippen LogP contribution < -0.4 is 33.5 Å². The fourth-order valence-electron chi connectivity index (χ4n) is 4.43. The van der Waals surface area contributed by atoms with Gasteiger partial charge in [-0.3, -0.25) is 20.7 Å². The highest BCUT2D eigenvalue weighted by Crippen LogP contribution is 2.30. The highest BCUT2D eigenvalue weighted by Gasteiger charge is 2.46. The number of carbonyl (C=O) groups excluding carboxylic acids is 2. The van der Waals surface area contributed by atoms with Gasteiger partial charge in [0.05, 0.1) is 17.6 Å². The number of aliphatic imine (C=N–C) groups is 1. The van der Waals surface area contributed by atoms with Crippen molar-refractivity contribution in [2.24, 2.45) is 43.2 Å². The number of nitrogens with one attached hydrogen (secondary N) is 3. The molecular weight excluding hydrogens is 530 g/mol. The van der Waals surface area contributed by atoms with Gasteiger partial charge in [-0.15, -0.1) is 10.2 Å². The summed E-state index contributed by atoms with van der Waals surface area (Å²) in [6.45, 7) is 3.02. The Labute approximate surface area is 219 Å². The summed E-state index contributed by atoms with van der Waals surface area (Å²) < 4.78 is 14.5. The summed E-state index contributed by atoms with van der Waals surface area (Å²) in [5.41, 5.74) is -0.147. The molecule has 0 radical (unpaired) electrons. The van der Waals surface area contributed by atoms with Crippen molar-refractivity contribution in [3.8, 4) is 0 Å². The Morgan fingerprint density at radius 3 is 2.70 bits per heavy atom. The first-order chi connectivity index (χ1) is 17.7. The zero-order valence-electron chi connectivity index (χ0n) is 19.6. The molecule has 37 heavy (non-hydrogen) atoms. The molecule has 1 aromatic heterocycles. The van der Waals surface area contributed by atoms with Crippen molar-refractivity contribution < 1.29 is 18.6 Å². The molecular formula is C18H26ClN13O4S. The summed E-state index contributed by atoms with van der Waals surface area (Å²) >= 11 is 6.51. The van der Waals surface area contributed by atoms with Crippen LogP contribution in [0.15, 0.2) is 52.2 Å². The van der Waals surface area contributed by atoms with E-state index in [1.54, 1.807) is 11.8 Å². The van der Waals surface area contributed by atoms with Crippen molar-refractivity contribution in [3.05, 3.63) is 28.4 Å². The summed E-state index contributed by atoms with van der Waals surface area (Å²) in [6, 6.07) is 1.53. The van der Waals surface area contributed by atoms with Gasteiger partial charge in [-0.05, 0) is 19.8 Å². The van der Waals surface area contributed by atoms with Gasteiger partial charge < -0.3 is 36.2 Å². The van der Waals surface area contributed by atoms with Crippen LogP contribution in [-0.2, 0) is 4.79 Å². The second-order valence-corrected chi connectivity index (χ2v) is 9.46. The maximum Gasteiger partial charge on any atom is 0.272 e. The Morgan fingerprint density at radius 2 is 2.08 bits per heavy atom. The van der Waals surface area contributed by atoms with Gasteiger partial charge in [0.15, 0.2) is 27.9 Å². The molecule has 4 heterocycles. The molecule has 2 fully saturated rings. The zero-order valence-corrected chi connectivity index (χ0v) is 21.2. The highest BCUT2D eigenvalue weighted by atomic mass is 35.5. The average Bonchev–Trinajstić information content (AvgIpc) is 3.40. The number of nitrogens with two attached hydrogens (primary N) is 3. The minimum atomic E-state index is -1.08. The normalized spacial score (nSPS) is 24.2. The van der Waals surface area contributed by atoms with Gasteiger partial charge in [-0.25, -0.2) is 10.0 Å². The number of amides is 2. The van der Waals surface area contributed by atoms with Crippen LogP contribution in [0.3, 0.4) is 0 Å². The molecule has 17 nitrogen and oxygen atoms in total. The molecule has 0 saturated carbocycles. The van der Waals surface area contributed by atoms with Crippen LogP contribution in [0.5, 0.6) is 0 Å². The molecule has 2 unspecified atom stereocenters. The molecule has 19 heteroatoms. The molecule has 200 valence electrons. The molecule has 0 aromatic carbocycles. The number of likely N-dealkylation sites (tertiary alicyclic amines) is 1. The van der Waals surface area contributed by atoms with Gasteiger partial charge in [-0.1, -0.05) is 22.0 Å². The van der Waals surface area contributed by atoms with Crippen LogP contribution in [0.1, 0.15) is 29.0 Å². The van der Waals surface area contributed by atoms with Crippen molar-refractivity contribution in [2.75, 3.05) is 19.6 Å². The van der Waals surface area contributed by atoms with Gasteiger partial charge in [0.1, 0.15) is 12.0 Å². The number of nitrogens with zero attached hydrogens (tertiary/aromatic N) is 7. The molecule has 1 spiro atoms. The molecule has 4 rings (SSSR count). The second kappa shape index (κ2) is 11.0. The number of piperidine rings is 1. The molecule has 10 N–H and O–H groups in total. The molecule has 0 bridgehead atoms. The van der Waals surface area contributed by atoms with Crippen LogP contribution in [-0.4, -0.2) is 69.6 Å². The number of hydrogen-bond acceptors (Lipinski definition) is 14. The number of hydrogen-bond donors (Lipinski definition) is 7. The van der Waals surface area contributed by atoms with Crippen LogP contribution in [0.2, 0.25) is 0 Å². The first-order valence-electron chi connectivity index (χ1n) is 11.0. The van der Waals surface area contributed by atoms with Crippen LogP contribution in [0, 0.1) is 6.92 Å². The number of rotatable bonds is 6. The van der Waals surface area contributed by atoms with E-state index < -0.39 is 23.9 Å². The summed E-state index contributed by atoms with van der Waals surface area (Å²) in [7, 11) is 0. The smallest absolute Gasteiger partial charge is 0.272 e. The fourth-order valence-corrected chi connectivity index (χ4v) is 4.95. The van der Waals surface area contributed by atoms with Crippen molar-refractivity contribution in [1.82, 2.24) is 25.9 Å². The summed E-state index contributed by atoms with van der Waals surface area (Å²) in [4.78, 5) is 31.8. The van der Waals surface area contributed by atoms with E-state index in [4.69, 9.17) is 33.5 Å². The lowest BCUT2D eigenvalue weighted by molar-refractivity contribution is -0.116. The number of hydrazine groups is 1. The van der Waals surface area contributed by atoms with E-state index in [1.165, 1.54) is 11.1 Å². The number of furan rings is 1. The van der Waals surface area contributed by atoms with E-state index in [9.17, 15) is 14.1 Å². The predicted octanol–water partition coefficient (Wildman–Crippen LogP) is -0.306. The standard InChI is InChI=1S/C18H26ClN13O4S/c1-8-9(6-10(36-8)37-35)16(34)31-4-2-18(3-5-31)7-32(22)17(26-18)25-15(33)11-13(27-29-20)24-14(28-30-21)12(19)23-11/h6,13,17,24,26,35H,2-5,7,22H2,1H3,(H2,20,27)(H2,21,28)(H,25,33). The third kappa shape index (κ3) is 5.53. The van der Waals surface area contributed by atoms with Gasteiger partial charge >= 0.3 is 0 Å². The van der Waals surface area contributed by atoms with Crippen molar-refractivity contribution >= 4 is 41.2 Å². The van der Waals surface area contributed by atoms with Crippen LogP contribution in [0.25, 0.3) is 0 Å². The highest BCUT2D eigenvalue weighted by molar-refractivity contribution is 7.93. The van der Waals surface area contributed by atoms with Crippen LogP contribution >= 0.6 is 23.6 Å². The number of halogens is 1. The lowest BCUT2D eigenvalue weighted by atomic mass is 9.88. The lowest BCUT2D eigenvalue weighted by Gasteiger charge is -2.39. The van der Waals surface area contributed by atoms with Crippen molar-refractivity contribution in [3.63, 3.8) is 0 Å². The van der Waals surface area contributed by atoms with E-state index in [2.05, 4.69) is 41.6 Å².